The predicted molar refractivity (Wildman–Crippen MR) is 68.9 cm³/mol. The first-order chi connectivity index (χ1) is 9.38. The molecule has 1 aromatic rings. The van der Waals surface area contributed by atoms with E-state index >= 15 is 0 Å². The quantitative estimate of drug-likeness (QED) is 0.735. The smallest absolute Gasteiger partial charge is 0.312 e. The highest BCUT2D eigenvalue weighted by Crippen LogP contribution is 2.23. The van der Waals surface area contributed by atoms with E-state index in [1.807, 2.05) is 0 Å². The number of rotatable bonds is 6. The lowest BCUT2D eigenvalue weighted by molar-refractivity contribution is -0.115. The molecule has 0 heterocycles. The summed E-state index contributed by atoms with van der Waals surface area (Å²) in [6, 6.07) is 3.83. The largest absolute Gasteiger partial charge is 0.487 e. The summed E-state index contributed by atoms with van der Waals surface area (Å²) in [5.41, 5.74) is 5.86. The van der Waals surface area contributed by atoms with Gasteiger partial charge in [-0.3, -0.25) is 4.79 Å². The molecule has 3 amide bonds. The SMILES string of the molecule is Cc1ccc(NC(=O)CNC(N)=O)cc1OCC(F)F. The van der Waals surface area contributed by atoms with Crippen LogP contribution in [0.1, 0.15) is 5.56 Å². The number of ether oxygens (including phenoxy) is 1. The number of hydrogen-bond donors (Lipinski definition) is 3. The van der Waals surface area contributed by atoms with Crippen LogP contribution in [-0.2, 0) is 4.79 Å². The number of nitrogens with two attached hydrogens (primary N) is 1. The molecule has 0 aliphatic carbocycles. The van der Waals surface area contributed by atoms with Crippen LogP contribution in [0.25, 0.3) is 0 Å². The summed E-state index contributed by atoms with van der Waals surface area (Å²) in [5, 5.41) is 4.60. The molecule has 20 heavy (non-hydrogen) atoms. The Morgan fingerprint density at radius 2 is 2.10 bits per heavy atom. The summed E-state index contributed by atoms with van der Waals surface area (Å²) in [6.45, 7) is 0.693. The Bertz CT molecular complexity index is 495. The van der Waals surface area contributed by atoms with Gasteiger partial charge in [0.15, 0.2) is 0 Å². The minimum Gasteiger partial charge on any atom is -0.487 e. The van der Waals surface area contributed by atoms with E-state index in [9.17, 15) is 18.4 Å². The molecule has 0 bridgehead atoms. The number of aryl methyl sites for hydroxylation is 1. The molecule has 1 rings (SSSR count). The van der Waals surface area contributed by atoms with Gasteiger partial charge in [-0.25, -0.2) is 13.6 Å². The van der Waals surface area contributed by atoms with Crippen LogP contribution in [0.2, 0.25) is 0 Å². The maximum Gasteiger partial charge on any atom is 0.312 e. The lowest BCUT2D eigenvalue weighted by Crippen LogP contribution is -2.36. The normalized spacial score (nSPS) is 10.2. The molecule has 0 saturated heterocycles. The molecule has 110 valence electrons. The molecular formula is C12H15F2N3O3. The minimum atomic E-state index is -2.58. The van der Waals surface area contributed by atoms with Crippen LogP contribution in [0.5, 0.6) is 5.75 Å². The van der Waals surface area contributed by atoms with Crippen molar-refractivity contribution in [1.82, 2.24) is 5.32 Å². The number of benzene rings is 1. The number of carbonyl (C=O) groups is 2. The molecule has 0 aromatic heterocycles. The second-order valence-corrected chi connectivity index (χ2v) is 3.95. The molecule has 6 nitrogen and oxygen atoms in total. The van der Waals surface area contributed by atoms with Crippen LogP contribution in [0.15, 0.2) is 18.2 Å². The van der Waals surface area contributed by atoms with Gasteiger partial charge in [0.1, 0.15) is 12.4 Å². The summed E-state index contributed by atoms with van der Waals surface area (Å²) in [4.78, 5) is 21.9. The molecule has 0 fully saturated rings. The predicted octanol–water partition coefficient (Wildman–Crippen LogP) is 1.25. The molecule has 1 aromatic carbocycles. The van der Waals surface area contributed by atoms with Crippen molar-refractivity contribution >= 4 is 17.6 Å². The maximum atomic E-state index is 12.1. The zero-order valence-corrected chi connectivity index (χ0v) is 10.8. The van der Waals surface area contributed by atoms with Crippen LogP contribution >= 0.6 is 0 Å². The fourth-order valence-corrected chi connectivity index (χ4v) is 1.36. The number of nitrogens with one attached hydrogen (secondary N) is 2. The molecule has 0 unspecified atom stereocenters. The second-order valence-electron chi connectivity index (χ2n) is 3.95. The van der Waals surface area contributed by atoms with Crippen molar-refractivity contribution in [3.63, 3.8) is 0 Å². The molecule has 8 heteroatoms. The first-order valence-corrected chi connectivity index (χ1v) is 5.73. The Hall–Kier alpha value is -2.38. The molecule has 0 spiro atoms. The third kappa shape index (κ3) is 5.51. The highest BCUT2D eigenvalue weighted by molar-refractivity contribution is 5.94. The first-order valence-electron chi connectivity index (χ1n) is 5.73. The van der Waals surface area contributed by atoms with Crippen molar-refractivity contribution in [3.05, 3.63) is 23.8 Å². The Balaban J connectivity index is 2.64. The number of primary amides is 1. The number of amides is 3. The van der Waals surface area contributed by atoms with E-state index in [4.69, 9.17) is 10.5 Å². The van der Waals surface area contributed by atoms with Gasteiger partial charge in [0, 0.05) is 11.8 Å². The highest BCUT2D eigenvalue weighted by atomic mass is 19.3. The van der Waals surface area contributed by atoms with Gasteiger partial charge in [-0.1, -0.05) is 6.07 Å². The third-order valence-corrected chi connectivity index (χ3v) is 2.26. The molecule has 4 N–H and O–H groups in total. The number of halogens is 2. The monoisotopic (exact) mass is 287 g/mol. The van der Waals surface area contributed by atoms with E-state index < -0.39 is 25.0 Å². The summed E-state index contributed by atoms with van der Waals surface area (Å²) in [6.07, 6.45) is -2.58. The van der Waals surface area contributed by atoms with Gasteiger partial charge >= 0.3 is 6.03 Å². The average molecular weight is 287 g/mol. The number of urea groups is 1. The van der Waals surface area contributed by atoms with E-state index in [0.29, 0.717) is 11.3 Å². The molecule has 0 saturated carbocycles. The fourth-order valence-electron chi connectivity index (χ4n) is 1.36. The first kappa shape index (κ1) is 15.7. The minimum absolute atomic E-state index is 0.256. The van der Waals surface area contributed by atoms with Crippen LogP contribution in [0, 0.1) is 6.92 Å². The Morgan fingerprint density at radius 3 is 2.70 bits per heavy atom. The summed E-state index contributed by atoms with van der Waals surface area (Å²) < 4.78 is 29.1. The van der Waals surface area contributed by atoms with Crippen molar-refractivity contribution in [1.29, 1.82) is 0 Å². The van der Waals surface area contributed by atoms with Crippen molar-refractivity contribution < 1.29 is 23.1 Å². The number of hydrogen-bond acceptors (Lipinski definition) is 3. The van der Waals surface area contributed by atoms with Crippen molar-refractivity contribution in [2.75, 3.05) is 18.5 Å². The van der Waals surface area contributed by atoms with Gasteiger partial charge in [0.25, 0.3) is 6.43 Å². The van der Waals surface area contributed by atoms with E-state index in [1.165, 1.54) is 6.07 Å². The Morgan fingerprint density at radius 1 is 1.40 bits per heavy atom. The summed E-state index contributed by atoms with van der Waals surface area (Å²) in [7, 11) is 0. The van der Waals surface area contributed by atoms with Crippen LogP contribution < -0.4 is 21.1 Å². The van der Waals surface area contributed by atoms with Crippen LogP contribution in [0.4, 0.5) is 19.3 Å². The van der Waals surface area contributed by atoms with Gasteiger partial charge < -0.3 is 21.1 Å². The second kappa shape index (κ2) is 7.27. The highest BCUT2D eigenvalue weighted by Gasteiger charge is 2.08. The molecule has 0 atom stereocenters. The van der Waals surface area contributed by atoms with Crippen molar-refractivity contribution in [3.8, 4) is 5.75 Å². The van der Waals surface area contributed by atoms with E-state index in [-0.39, 0.29) is 12.3 Å². The number of alkyl halides is 2. The van der Waals surface area contributed by atoms with Gasteiger partial charge in [0.05, 0.1) is 6.54 Å². The number of carbonyl (C=O) groups excluding carboxylic acids is 2. The number of anilines is 1. The zero-order valence-electron chi connectivity index (χ0n) is 10.8. The maximum absolute atomic E-state index is 12.1. The summed E-state index contributed by atoms with van der Waals surface area (Å²) >= 11 is 0. The summed E-state index contributed by atoms with van der Waals surface area (Å²) in [5.74, 6) is -0.238. The molecular weight excluding hydrogens is 272 g/mol. The Kier molecular flexibility index (Phi) is 5.70. The van der Waals surface area contributed by atoms with E-state index in [1.54, 1.807) is 19.1 Å². The van der Waals surface area contributed by atoms with E-state index in [2.05, 4.69) is 10.6 Å². The fraction of sp³-hybridized carbons (Fsp3) is 0.333. The third-order valence-electron chi connectivity index (χ3n) is 2.26. The van der Waals surface area contributed by atoms with Crippen molar-refractivity contribution in [2.24, 2.45) is 5.73 Å². The Labute approximate surface area is 114 Å². The van der Waals surface area contributed by atoms with Crippen LogP contribution in [-0.4, -0.2) is 31.5 Å². The van der Waals surface area contributed by atoms with Gasteiger partial charge in [-0.15, -0.1) is 0 Å². The lowest BCUT2D eigenvalue weighted by atomic mass is 10.2. The van der Waals surface area contributed by atoms with Crippen LogP contribution in [0.3, 0.4) is 0 Å². The van der Waals surface area contributed by atoms with Gasteiger partial charge in [-0.05, 0) is 18.6 Å². The average Bonchev–Trinajstić information content (AvgIpc) is 2.37. The van der Waals surface area contributed by atoms with Crippen molar-refractivity contribution in [2.45, 2.75) is 13.3 Å². The van der Waals surface area contributed by atoms with Gasteiger partial charge in [-0.2, -0.15) is 0 Å². The lowest BCUT2D eigenvalue weighted by Gasteiger charge is -2.11. The standard InChI is InChI=1S/C12H15F2N3O3/c1-7-2-3-8(4-9(7)20-6-10(13)14)17-11(18)5-16-12(15)19/h2-4,10H,5-6H2,1H3,(H,17,18)(H3,15,16,19). The zero-order chi connectivity index (χ0) is 15.1. The van der Waals surface area contributed by atoms with Gasteiger partial charge in [0.2, 0.25) is 5.91 Å². The molecule has 0 radical (unpaired) electrons. The topological polar surface area (TPSA) is 93.5 Å². The molecule has 0 aliphatic rings. The molecule has 0 aliphatic heterocycles. The van der Waals surface area contributed by atoms with E-state index in [0.717, 1.165) is 0 Å².